The molecule has 0 aliphatic carbocycles. The Morgan fingerprint density at radius 2 is 2.00 bits per heavy atom. The number of hydrogen-bond acceptors (Lipinski definition) is 4. The number of carbonyl (C=O) groups is 1. The van der Waals surface area contributed by atoms with Crippen molar-refractivity contribution >= 4 is 34.2 Å². The maximum Gasteiger partial charge on any atom is 0.296 e. The van der Waals surface area contributed by atoms with E-state index in [0.717, 1.165) is 29.5 Å². The second kappa shape index (κ2) is 8.28. The number of aryl methyl sites for hydroxylation is 1. The van der Waals surface area contributed by atoms with Gasteiger partial charge in [0, 0.05) is 11.6 Å². The number of nitrogens with one attached hydrogen (secondary N) is 1. The lowest BCUT2D eigenvalue weighted by atomic mass is 10.2. The van der Waals surface area contributed by atoms with Gasteiger partial charge in [0.15, 0.2) is 0 Å². The van der Waals surface area contributed by atoms with Gasteiger partial charge in [0.25, 0.3) is 11.5 Å². The van der Waals surface area contributed by atoms with Gasteiger partial charge in [0.05, 0.1) is 17.6 Å². The molecule has 4 aromatic rings. The normalized spacial score (nSPS) is 11.3. The van der Waals surface area contributed by atoms with Gasteiger partial charge >= 0.3 is 0 Å². The zero-order valence-corrected chi connectivity index (χ0v) is 17.6. The third kappa shape index (κ3) is 3.80. The minimum Gasteiger partial charge on any atom is -0.349 e. The molecule has 1 amide bonds. The number of fused-ring (bicyclic) bond motifs is 3. The van der Waals surface area contributed by atoms with Gasteiger partial charge in [-0.2, -0.15) is 4.98 Å². The van der Waals surface area contributed by atoms with Crippen LogP contribution in [-0.4, -0.2) is 31.6 Å². The van der Waals surface area contributed by atoms with E-state index in [0.29, 0.717) is 23.6 Å². The Bertz CT molecular complexity index is 1310. The molecule has 8 heteroatoms. The van der Waals surface area contributed by atoms with E-state index in [1.165, 1.54) is 4.52 Å². The van der Waals surface area contributed by atoms with Gasteiger partial charge in [-0.3, -0.25) is 14.2 Å². The SMILES string of the molecule is CCCCNC(=O)c1nc2c(=O)n(Cc3cccc(Cl)c3)c3cc(C)ccc3n2n1. The van der Waals surface area contributed by atoms with Crippen molar-refractivity contribution in [2.75, 3.05) is 6.54 Å². The summed E-state index contributed by atoms with van der Waals surface area (Å²) in [5.41, 5.74) is 3.14. The van der Waals surface area contributed by atoms with Gasteiger partial charge < -0.3 is 5.32 Å². The van der Waals surface area contributed by atoms with Crippen LogP contribution in [0.25, 0.3) is 16.7 Å². The first-order valence-corrected chi connectivity index (χ1v) is 10.3. The average Bonchev–Trinajstić information content (AvgIpc) is 3.17. The quantitative estimate of drug-likeness (QED) is 0.480. The molecular weight excluding hydrogens is 402 g/mol. The fraction of sp³-hybridized carbons (Fsp3) is 0.273. The van der Waals surface area contributed by atoms with Crippen molar-refractivity contribution < 1.29 is 4.79 Å². The van der Waals surface area contributed by atoms with E-state index in [2.05, 4.69) is 15.4 Å². The summed E-state index contributed by atoms with van der Waals surface area (Å²) in [6, 6.07) is 13.2. The highest BCUT2D eigenvalue weighted by Gasteiger charge is 2.19. The van der Waals surface area contributed by atoms with Gasteiger partial charge in [-0.05, 0) is 48.7 Å². The van der Waals surface area contributed by atoms with E-state index in [1.807, 2.05) is 50.2 Å². The zero-order valence-electron chi connectivity index (χ0n) is 16.9. The summed E-state index contributed by atoms with van der Waals surface area (Å²) in [6.07, 6.45) is 1.84. The molecule has 0 unspecified atom stereocenters. The van der Waals surface area contributed by atoms with Crippen molar-refractivity contribution in [2.45, 2.75) is 33.2 Å². The molecule has 7 nitrogen and oxygen atoms in total. The number of benzene rings is 2. The summed E-state index contributed by atoms with van der Waals surface area (Å²) in [4.78, 5) is 30.0. The van der Waals surface area contributed by atoms with Gasteiger partial charge in [0.1, 0.15) is 0 Å². The summed E-state index contributed by atoms with van der Waals surface area (Å²) < 4.78 is 3.11. The molecule has 0 spiro atoms. The topological polar surface area (TPSA) is 81.3 Å². The minimum absolute atomic E-state index is 0.00872. The Hall–Kier alpha value is -3.19. The lowest BCUT2D eigenvalue weighted by Gasteiger charge is -2.12. The fourth-order valence-corrected chi connectivity index (χ4v) is 3.62. The summed E-state index contributed by atoms with van der Waals surface area (Å²) >= 11 is 6.12. The van der Waals surface area contributed by atoms with Crippen molar-refractivity contribution in [1.29, 1.82) is 0 Å². The molecule has 0 aliphatic heterocycles. The predicted octanol–water partition coefficient (Wildman–Crippen LogP) is 3.58. The van der Waals surface area contributed by atoms with Crippen LogP contribution < -0.4 is 10.9 Å². The average molecular weight is 424 g/mol. The molecule has 2 heterocycles. The fourth-order valence-electron chi connectivity index (χ4n) is 3.41. The molecule has 0 bridgehead atoms. The molecule has 2 aromatic heterocycles. The number of amides is 1. The first-order chi connectivity index (χ1) is 14.5. The van der Waals surface area contributed by atoms with Crippen molar-refractivity contribution in [2.24, 2.45) is 0 Å². The van der Waals surface area contributed by atoms with Gasteiger partial charge in [-0.15, -0.1) is 5.10 Å². The van der Waals surface area contributed by atoms with Crippen molar-refractivity contribution in [3.63, 3.8) is 0 Å². The molecular formula is C22H22ClN5O2. The second-order valence-electron chi connectivity index (χ2n) is 7.29. The van der Waals surface area contributed by atoms with E-state index in [-0.39, 0.29) is 22.9 Å². The van der Waals surface area contributed by atoms with Gasteiger partial charge in [-0.25, -0.2) is 4.52 Å². The maximum absolute atomic E-state index is 13.3. The number of aromatic nitrogens is 4. The van der Waals surface area contributed by atoms with Crippen LogP contribution in [0.5, 0.6) is 0 Å². The molecule has 0 aliphatic rings. The second-order valence-corrected chi connectivity index (χ2v) is 7.73. The summed E-state index contributed by atoms with van der Waals surface area (Å²) in [6.45, 7) is 4.89. The lowest BCUT2D eigenvalue weighted by molar-refractivity contribution is 0.0943. The summed E-state index contributed by atoms with van der Waals surface area (Å²) in [5.74, 6) is -0.390. The van der Waals surface area contributed by atoms with Crippen LogP contribution in [0.1, 0.15) is 41.5 Å². The third-order valence-corrected chi connectivity index (χ3v) is 5.18. The molecule has 2 aromatic carbocycles. The lowest BCUT2D eigenvalue weighted by Crippen LogP contribution is -2.25. The Kier molecular flexibility index (Phi) is 5.55. The van der Waals surface area contributed by atoms with Gasteiger partial charge in [0.2, 0.25) is 11.5 Å². The van der Waals surface area contributed by atoms with Crippen molar-refractivity contribution in [1.82, 2.24) is 24.5 Å². The van der Waals surface area contributed by atoms with Crippen LogP contribution in [0.15, 0.2) is 47.3 Å². The van der Waals surface area contributed by atoms with Crippen LogP contribution in [0.4, 0.5) is 0 Å². The number of rotatable bonds is 6. The molecule has 0 atom stereocenters. The first-order valence-electron chi connectivity index (χ1n) is 9.90. The predicted molar refractivity (Wildman–Crippen MR) is 117 cm³/mol. The first kappa shape index (κ1) is 20.1. The monoisotopic (exact) mass is 423 g/mol. The number of nitrogens with zero attached hydrogens (tertiary/aromatic N) is 4. The molecule has 30 heavy (non-hydrogen) atoms. The molecule has 154 valence electrons. The van der Waals surface area contributed by atoms with Crippen LogP contribution in [0.2, 0.25) is 5.02 Å². The summed E-state index contributed by atoms with van der Waals surface area (Å²) in [5, 5.41) is 7.74. The summed E-state index contributed by atoms with van der Waals surface area (Å²) in [7, 11) is 0. The largest absolute Gasteiger partial charge is 0.349 e. The number of unbranched alkanes of at least 4 members (excludes halogenated alkanes) is 1. The van der Waals surface area contributed by atoms with Crippen LogP contribution in [0.3, 0.4) is 0 Å². The zero-order chi connectivity index (χ0) is 21.3. The molecule has 0 fully saturated rings. The highest BCUT2D eigenvalue weighted by molar-refractivity contribution is 6.30. The Morgan fingerprint density at radius 1 is 1.17 bits per heavy atom. The number of halogens is 1. The van der Waals surface area contributed by atoms with Crippen molar-refractivity contribution in [3.8, 4) is 0 Å². The van der Waals surface area contributed by atoms with Crippen molar-refractivity contribution in [3.05, 3.63) is 74.8 Å². The van der Waals surface area contributed by atoms with Crippen LogP contribution in [0, 0.1) is 6.92 Å². The van der Waals surface area contributed by atoms with E-state index in [1.54, 1.807) is 10.6 Å². The third-order valence-electron chi connectivity index (χ3n) is 4.94. The molecule has 0 saturated carbocycles. The van der Waals surface area contributed by atoms with Crippen LogP contribution >= 0.6 is 11.6 Å². The maximum atomic E-state index is 13.3. The van der Waals surface area contributed by atoms with E-state index < -0.39 is 0 Å². The highest BCUT2D eigenvalue weighted by Crippen LogP contribution is 2.18. The highest BCUT2D eigenvalue weighted by atomic mass is 35.5. The standard InChI is InChI=1S/C22H22ClN5O2/c1-3-4-10-24-21(29)19-25-20-22(30)27(13-15-6-5-7-16(23)12-15)18-11-14(2)8-9-17(18)28(20)26-19/h5-9,11-12H,3-4,10,13H2,1-2H3,(H,24,29). The molecule has 1 N–H and O–H groups in total. The number of hydrogen-bond donors (Lipinski definition) is 1. The molecule has 0 radical (unpaired) electrons. The van der Waals surface area contributed by atoms with E-state index >= 15 is 0 Å². The minimum atomic E-state index is -0.381. The van der Waals surface area contributed by atoms with Gasteiger partial charge in [-0.1, -0.05) is 43.1 Å². The molecule has 0 saturated heterocycles. The van der Waals surface area contributed by atoms with E-state index in [9.17, 15) is 9.59 Å². The number of carbonyl (C=O) groups excluding carboxylic acids is 1. The smallest absolute Gasteiger partial charge is 0.296 e. The van der Waals surface area contributed by atoms with Crippen LogP contribution in [-0.2, 0) is 6.54 Å². The molecule has 4 rings (SSSR count). The Morgan fingerprint density at radius 3 is 2.77 bits per heavy atom. The van der Waals surface area contributed by atoms with E-state index in [4.69, 9.17) is 11.6 Å². The Labute approximate surface area is 178 Å². The Balaban J connectivity index is 1.88.